The quantitative estimate of drug-likeness (QED) is 0.834. The Bertz CT molecular complexity index is 340. The molecule has 0 aromatic heterocycles. The number of rotatable bonds is 3. The summed E-state index contributed by atoms with van der Waals surface area (Å²) in [6, 6.07) is 0.651. The number of hydrogen-bond acceptors (Lipinski definition) is 2. The second kappa shape index (κ2) is 6.46. The van der Waals surface area contributed by atoms with Gasteiger partial charge in [0.25, 0.3) is 0 Å². The molecule has 0 aromatic carbocycles. The number of carbonyl (C=O) groups excluding carboxylic acids is 1. The molecule has 2 fully saturated rings. The van der Waals surface area contributed by atoms with Crippen molar-refractivity contribution in [2.45, 2.75) is 84.2 Å². The Morgan fingerprint density at radius 3 is 2.60 bits per heavy atom. The Balaban J connectivity index is 1.90. The summed E-state index contributed by atoms with van der Waals surface area (Å²) in [6.07, 6.45) is 9.39. The normalized spacial score (nSPS) is 35.3. The summed E-state index contributed by atoms with van der Waals surface area (Å²) in [5, 5.41) is 3.34. The molecule has 4 unspecified atom stereocenters. The fourth-order valence-electron chi connectivity index (χ4n) is 4.00. The maximum Gasteiger partial charge on any atom is 0.223 e. The van der Waals surface area contributed by atoms with E-state index >= 15 is 0 Å². The predicted octanol–water partition coefficient (Wildman–Crippen LogP) is 3.23. The van der Waals surface area contributed by atoms with E-state index in [0.29, 0.717) is 18.0 Å². The first-order valence-corrected chi connectivity index (χ1v) is 8.46. The van der Waals surface area contributed by atoms with Crippen molar-refractivity contribution < 1.29 is 4.79 Å². The van der Waals surface area contributed by atoms with Gasteiger partial charge in [0.2, 0.25) is 5.91 Å². The Labute approximate surface area is 124 Å². The molecular formula is C17H32N2O. The van der Waals surface area contributed by atoms with Gasteiger partial charge in [-0.15, -0.1) is 0 Å². The average molecular weight is 280 g/mol. The van der Waals surface area contributed by atoms with E-state index in [0.717, 1.165) is 25.7 Å². The number of nitrogens with one attached hydrogen (secondary N) is 1. The van der Waals surface area contributed by atoms with Gasteiger partial charge in [0.1, 0.15) is 0 Å². The topological polar surface area (TPSA) is 55.1 Å². The molecule has 2 saturated carbocycles. The van der Waals surface area contributed by atoms with E-state index < -0.39 is 0 Å². The molecule has 3 heteroatoms. The number of carbonyl (C=O) groups is 1. The lowest BCUT2D eigenvalue weighted by molar-refractivity contribution is -0.128. The van der Waals surface area contributed by atoms with E-state index in [2.05, 4.69) is 26.1 Å². The second-order valence-corrected chi connectivity index (χ2v) is 7.77. The Kier molecular flexibility index (Phi) is 5.11. The van der Waals surface area contributed by atoms with Crippen molar-refractivity contribution in [3.8, 4) is 0 Å². The van der Waals surface area contributed by atoms with E-state index in [4.69, 9.17) is 5.73 Å². The van der Waals surface area contributed by atoms with Crippen LogP contribution < -0.4 is 11.1 Å². The molecule has 116 valence electrons. The molecule has 3 nitrogen and oxygen atoms in total. The number of amides is 1. The van der Waals surface area contributed by atoms with E-state index in [1.807, 2.05) is 0 Å². The first-order valence-electron chi connectivity index (χ1n) is 8.46. The third-order valence-electron chi connectivity index (χ3n) is 5.70. The molecule has 3 N–H and O–H groups in total. The van der Waals surface area contributed by atoms with Crippen molar-refractivity contribution >= 4 is 5.91 Å². The summed E-state index contributed by atoms with van der Waals surface area (Å²) < 4.78 is 0. The predicted molar refractivity (Wildman–Crippen MR) is 83.3 cm³/mol. The highest BCUT2D eigenvalue weighted by Crippen LogP contribution is 2.36. The Hall–Kier alpha value is -0.570. The molecule has 2 aliphatic carbocycles. The van der Waals surface area contributed by atoms with Crippen molar-refractivity contribution in [3.05, 3.63) is 0 Å². The zero-order chi connectivity index (χ0) is 14.8. The summed E-state index contributed by atoms with van der Waals surface area (Å²) in [7, 11) is 0. The Morgan fingerprint density at radius 1 is 1.20 bits per heavy atom. The molecule has 4 atom stereocenters. The van der Waals surface area contributed by atoms with Crippen LogP contribution in [-0.4, -0.2) is 18.0 Å². The first kappa shape index (κ1) is 15.8. The SMILES string of the molecule is CC(C(=O)NC1CCCCC1(C)C)C1CCCC(N)C1. The third kappa shape index (κ3) is 3.75. The van der Waals surface area contributed by atoms with Crippen molar-refractivity contribution in [3.63, 3.8) is 0 Å². The molecule has 1 amide bonds. The first-order chi connectivity index (χ1) is 9.40. The van der Waals surface area contributed by atoms with Gasteiger partial charge in [-0.1, -0.05) is 40.0 Å². The van der Waals surface area contributed by atoms with Crippen LogP contribution in [0.1, 0.15) is 72.1 Å². The van der Waals surface area contributed by atoms with Crippen molar-refractivity contribution in [1.82, 2.24) is 5.32 Å². The lowest BCUT2D eigenvalue weighted by Gasteiger charge is -2.40. The Morgan fingerprint density at radius 2 is 1.95 bits per heavy atom. The molecule has 20 heavy (non-hydrogen) atoms. The van der Waals surface area contributed by atoms with Crippen LogP contribution in [0.5, 0.6) is 0 Å². The minimum atomic E-state index is 0.110. The van der Waals surface area contributed by atoms with Crippen LogP contribution in [0.4, 0.5) is 0 Å². The lowest BCUT2D eigenvalue weighted by atomic mass is 9.72. The highest BCUT2D eigenvalue weighted by Gasteiger charge is 2.35. The van der Waals surface area contributed by atoms with Gasteiger partial charge in [-0.25, -0.2) is 0 Å². The van der Waals surface area contributed by atoms with Gasteiger partial charge in [0.05, 0.1) is 0 Å². The van der Waals surface area contributed by atoms with E-state index in [1.165, 1.54) is 25.7 Å². The van der Waals surface area contributed by atoms with Gasteiger partial charge in [-0.05, 0) is 43.4 Å². The third-order valence-corrected chi connectivity index (χ3v) is 5.70. The van der Waals surface area contributed by atoms with Crippen LogP contribution in [0.3, 0.4) is 0 Å². The summed E-state index contributed by atoms with van der Waals surface area (Å²) in [5.41, 5.74) is 6.31. The molecule has 2 rings (SSSR count). The van der Waals surface area contributed by atoms with Crippen LogP contribution in [0.25, 0.3) is 0 Å². The number of hydrogen-bond donors (Lipinski definition) is 2. The summed E-state index contributed by atoms with van der Waals surface area (Å²) in [5.74, 6) is 0.841. The fourth-order valence-corrected chi connectivity index (χ4v) is 4.00. The molecule has 0 spiro atoms. The van der Waals surface area contributed by atoms with Crippen molar-refractivity contribution in [2.75, 3.05) is 0 Å². The molecule has 2 aliphatic rings. The molecule has 0 saturated heterocycles. The smallest absolute Gasteiger partial charge is 0.223 e. The monoisotopic (exact) mass is 280 g/mol. The molecule has 0 heterocycles. The van der Waals surface area contributed by atoms with Crippen molar-refractivity contribution in [2.24, 2.45) is 23.0 Å². The van der Waals surface area contributed by atoms with E-state index in [1.54, 1.807) is 0 Å². The van der Waals surface area contributed by atoms with Crippen LogP contribution >= 0.6 is 0 Å². The fraction of sp³-hybridized carbons (Fsp3) is 0.941. The second-order valence-electron chi connectivity index (χ2n) is 7.77. The lowest BCUT2D eigenvalue weighted by Crippen LogP contribution is -2.49. The van der Waals surface area contributed by atoms with Crippen LogP contribution in [0.2, 0.25) is 0 Å². The molecular weight excluding hydrogens is 248 g/mol. The largest absolute Gasteiger partial charge is 0.353 e. The van der Waals surface area contributed by atoms with Gasteiger partial charge in [0, 0.05) is 18.0 Å². The van der Waals surface area contributed by atoms with Gasteiger partial charge in [-0.3, -0.25) is 4.79 Å². The summed E-state index contributed by atoms with van der Waals surface area (Å²) in [4.78, 5) is 12.6. The van der Waals surface area contributed by atoms with Gasteiger partial charge in [-0.2, -0.15) is 0 Å². The van der Waals surface area contributed by atoms with Gasteiger partial charge < -0.3 is 11.1 Å². The molecule has 0 aliphatic heterocycles. The zero-order valence-electron chi connectivity index (χ0n) is 13.5. The average Bonchev–Trinajstić information content (AvgIpc) is 2.40. The number of nitrogens with two attached hydrogens (primary N) is 1. The van der Waals surface area contributed by atoms with Gasteiger partial charge in [0.15, 0.2) is 0 Å². The molecule has 0 radical (unpaired) electrons. The highest BCUT2D eigenvalue weighted by molar-refractivity contribution is 5.79. The van der Waals surface area contributed by atoms with Crippen LogP contribution in [0, 0.1) is 17.3 Å². The summed E-state index contributed by atoms with van der Waals surface area (Å²) >= 11 is 0. The maximum absolute atomic E-state index is 12.6. The molecule has 0 bridgehead atoms. The van der Waals surface area contributed by atoms with Crippen LogP contribution in [-0.2, 0) is 4.79 Å². The molecule has 0 aromatic rings. The highest BCUT2D eigenvalue weighted by atomic mass is 16.1. The van der Waals surface area contributed by atoms with Gasteiger partial charge >= 0.3 is 0 Å². The minimum absolute atomic E-state index is 0.110. The van der Waals surface area contributed by atoms with E-state index in [-0.39, 0.29) is 17.2 Å². The van der Waals surface area contributed by atoms with E-state index in [9.17, 15) is 4.79 Å². The standard InChI is InChI=1S/C17H32N2O/c1-12(13-7-6-8-14(18)11-13)16(20)19-15-9-4-5-10-17(15,2)3/h12-15H,4-11,18H2,1-3H3,(H,19,20). The van der Waals surface area contributed by atoms with Crippen LogP contribution in [0.15, 0.2) is 0 Å². The van der Waals surface area contributed by atoms with Crippen molar-refractivity contribution in [1.29, 1.82) is 0 Å². The maximum atomic E-state index is 12.6. The summed E-state index contributed by atoms with van der Waals surface area (Å²) in [6.45, 7) is 6.67. The minimum Gasteiger partial charge on any atom is -0.353 e. The zero-order valence-corrected chi connectivity index (χ0v) is 13.5.